The molecule has 0 spiro atoms. The number of amides is 1. The van der Waals surface area contributed by atoms with Crippen LogP contribution < -0.4 is 5.32 Å². The first-order valence-electron chi connectivity index (χ1n) is 5.22. The maximum atomic E-state index is 11.9. The first kappa shape index (κ1) is 13.6. The molecule has 7 heteroatoms. The Morgan fingerprint density at radius 1 is 1.71 bits per heavy atom. The number of hydrogen-bond donors (Lipinski definition) is 1. The number of rotatable bonds is 5. The van der Waals surface area contributed by atoms with Gasteiger partial charge in [0.25, 0.3) is 5.91 Å². The molecule has 0 saturated heterocycles. The third-order valence-electron chi connectivity index (χ3n) is 2.16. The van der Waals surface area contributed by atoms with E-state index < -0.39 is 0 Å². The van der Waals surface area contributed by atoms with Crippen LogP contribution in [-0.4, -0.2) is 23.6 Å². The van der Waals surface area contributed by atoms with Crippen LogP contribution in [0.5, 0.6) is 0 Å². The van der Waals surface area contributed by atoms with Crippen molar-refractivity contribution in [2.24, 2.45) is 5.11 Å². The molecule has 0 bridgehead atoms. The van der Waals surface area contributed by atoms with Crippen molar-refractivity contribution >= 4 is 21.8 Å². The van der Waals surface area contributed by atoms with E-state index in [-0.39, 0.29) is 18.5 Å². The predicted octanol–water partition coefficient (Wildman–Crippen LogP) is 2.87. The lowest BCUT2D eigenvalue weighted by Gasteiger charge is -2.12. The van der Waals surface area contributed by atoms with Crippen molar-refractivity contribution in [1.29, 1.82) is 0 Å². The summed E-state index contributed by atoms with van der Waals surface area (Å²) >= 11 is 3.35. The highest BCUT2D eigenvalue weighted by atomic mass is 79.9. The molecule has 1 aromatic heterocycles. The Morgan fingerprint density at radius 2 is 2.41 bits per heavy atom. The van der Waals surface area contributed by atoms with Crippen LogP contribution in [0, 0.1) is 0 Å². The van der Waals surface area contributed by atoms with Crippen LogP contribution in [0.2, 0.25) is 0 Å². The van der Waals surface area contributed by atoms with Crippen LogP contribution in [0.3, 0.4) is 0 Å². The fraction of sp³-hybridized carbons (Fsp3) is 0.500. The molecule has 1 heterocycles. The Morgan fingerprint density at radius 3 is 3.00 bits per heavy atom. The second kappa shape index (κ2) is 6.32. The standard InChI is InChI=1S/C10H14BrN5O/c1-7(2)16-6-8(11)5-9(16)10(17)13-3-4-14-15-12/h5-7H,3-4H2,1-2H3,(H,13,17). The molecule has 0 radical (unpaired) electrons. The molecule has 92 valence electrons. The van der Waals surface area contributed by atoms with Gasteiger partial charge in [0.1, 0.15) is 5.69 Å². The average Bonchev–Trinajstić information content (AvgIpc) is 2.66. The minimum Gasteiger partial charge on any atom is -0.351 e. The summed E-state index contributed by atoms with van der Waals surface area (Å²) in [6.07, 6.45) is 1.87. The van der Waals surface area contributed by atoms with E-state index in [9.17, 15) is 4.79 Å². The molecule has 0 aliphatic carbocycles. The van der Waals surface area contributed by atoms with Crippen molar-refractivity contribution in [3.63, 3.8) is 0 Å². The monoisotopic (exact) mass is 299 g/mol. The fourth-order valence-corrected chi connectivity index (χ4v) is 1.85. The molecule has 0 aromatic carbocycles. The van der Waals surface area contributed by atoms with Crippen molar-refractivity contribution in [2.45, 2.75) is 19.9 Å². The number of nitrogens with zero attached hydrogens (tertiary/aromatic N) is 4. The van der Waals surface area contributed by atoms with Gasteiger partial charge in [-0.1, -0.05) is 5.11 Å². The van der Waals surface area contributed by atoms with Crippen molar-refractivity contribution in [3.05, 3.63) is 32.9 Å². The zero-order valence-electron chi connectivity index (χ0n) is 9.72. The molecule has 0 unspecified atom stereocenters. The first-order chi connectivity index (χ1) is 8.06. The van der Waals surface area contributed by atoms with Gasteiger partial charge in [0, 0.05) is 34.7 Å². The van der Waals surface area contributed by atoms with Gasteiger partial charge in [-0.2, -0.15) is 0 Å². The lowest BCUT2D eigenvalue weighted by atomic mass is 10.3. The van der Waals surface area contributed by atoms with Gasteiger partial charge >= 0.3 is 0 Å². The summed E-state index contributed by atoms with van der Waals surface area (Å²) in [5.74, 6) is -0.169. The SMILES string of the molecule is CC(C)n1cc(Br)cc1C(=O)NCCN=[N+]=[N-]. The topological polar surface area (TPSA) is 82.8 Å². The van der Waals surface area contributed by atoms with Crippen LogP contribution in [0.25, 0.3) is 10.4 Å². The van der Waals surface area contributed by atoms with Crippen molar-refractivity contribution in [3.8, 4) is 0 Å². The van der Waals surface area contributed by atoms with Crippen molar-refractivity contribution in [2.75, 3.05) is 13.1 Å². The molecule has 1 aromatic rings. The van der Waals surface area contributed by atoms with E-state index in [0.717, 1.165) is 4.47 Å². The first-order valence-corrected chi connectivity index (χ1v) is 6.02. The van der Waals surface area contributed by atoms with Gasteiger partial charge in [-0.3, -0.25) is 4.79 Å². The molecule has 0 aliphatic rings. The van der Waals surface area contributed by atoms with Crippen molar-refractivity contribution in [1.82, 2.24) is 9.88 Å². The fourth-order valence-electron chi connectivity index (χ4n) is 1.41. The van der Waals surface area contributed by atoms with Crippen LogP contribution in [-0.2, 0) is 0 Å². The molecule has 6 nitrogen and oxygen atoms in total. The number of halogens is 1. The molecule has 0 atom stereocenters. The van der Waals surface area contributed by atoms with E-state index in [1.807, 2.05) is 24.6 Å². The summed E-state index contributed by atoms with van der Waals surface area (Å²) in [6.45, 7) is 4.60. The maximum Gasteiger partial charge on any atom is 0.267 e. The summed E-state index contributed by atoms with van der Waals surface area (Å²) in [6, 6.07) is 1.97. The quantitative estimate of drug-likeness (QED) is 0.385. The Hall–Kier alpha value is -1.46. The van der Waals surface area contributed by atoms with E-state index >= 15 is 0 Å². The average molecular weight is 300 g/mol. The van der Waals surface area contributed by atoms with Crippen LogP contribution in [0.15, 0.2) is 21.9 Å². The minimum absolute atomic E-state index is 0.169. The number of azide groups is 1. The normalized spacial score (nSPS) is 10.1. The van der Waals surface area contributed by atoms with E-state index in [1.165, 1.54) is 0 Å². The number of carbonyl (C=O) groups is 1. The molecular formula is C10H14BrN5O. The molecule has 17 heavy (non-hydrogen) atoms. The second-order valence-electron chi connectivity index (χ2n) is 3.75. The zero-order chi connectivity index (χ0) is 12.8. The lowest BCUT2D eigenvalue weighted by molar-refractivity contribution is 0.0944. The van der Waals surface area contributed by atoms with Gasteiger partial charge < -0.3 is 9.88 Å². The van der Waals surface area contributed by atoms with Crippen LogP contribution in [0.4, 0.5) is 0 Å². The van der Waals surface area contributed by atoms with Gasteiger partial charge in [-0.15, -0.1) is 0 Å². The number of aromatic nitrogens is 1. The van der Waals surface area contributed by atoms with E-state index in [1.54, 1.807) is 6.07 Å². The molecule has 1 amide bonds. The number of nitrogens with one attached hydrogen (secondary N) is 1. The van der Waals surface area contributed by atoms with Gasteiger partial charge in [-0.05, 0) is 41.4 Å². The van der Waals surface area contributed by atoms with Gasteiger partial charge in [-0.25, -0.2) is 0 Å². The summed E-state index contributed by atoms with van der Waals surface area (Å²) in [5, 5.41) is 6.05. The molecule has 0 saturated carbocycles. The Bertz CT molecular complexity index is 448. The van der Waals surface area contributed by atoms with Gasteiger partial charge in [0.05, 0.1) is 0 Å². The second-order valence-corrected chi connectivity index (χ2v) is 4.67. The molecule has 1 rings (SSSR count). The highest BCUT2D eigenvalue weighted by molar-refractivity contribution is 9.10. The lowest BCUT2D eigenvalue weighted by Crippen LogP contribution is -2.28. The Balaban J connectivity index is 2.71. The largest absolute Gasteiger partial charge is 0.351 e. The molecule has 0 aliphatic heterocycles. The van der Waals surface area contributed by atoms with Gasteiger partial charge in [0.15, 0.2) is 0 Å². The summed E-state index contributed by atoms with van der Waals surface area (Å²) in [5.41, 5.74) is 8.69. The van der Waals surface area contributed by atoms with Crippen LogP contribution in [0.1, 0.15) is 30.4 Å². The van der Waals surface area contributed by atoms with Crippen molar-refractivity contribution < 1.29 is 4.79 Å². The van der Waals surface area contributed by atoms with Crippen LogP contribution >= 0.6 is 15.9 Å². The van der Waals surface area contributed by atoms with E-state index in [4.69, 9.17) is 5.53 Å². The predicted molar refractivity (Wildman–Crippen MR) is 68.9 cm³/mol. The maximum absolute atomic E-state index is 11.9. The number of carbonyl (C=O) groups excluding carboxylic acids is 1. The smallest absolute Gasteiger partial charge is 0.267 e. The molecule has 0 fully saturated rings. The number of hydrogen-bond acceptors (Lipinski definition) is 2. The molecular weight excluding hydrogens is 286 g/mol. The summed E-state index contributed by atoms with van der Waals surface area (Å²) < 4.78 is 2.75. The summed E-state index contributed by atoms with van der Waals surface area (Å²) in [7, 11) is 0. The van der Waals surface area contributed by atoms with E-state index in [2.05, 4.69) is 31.3 Å². The zero-order valence-corrected chi connectivity index (χ0v) is 11.3. The highest BCUT2D eigenvalue weighted by Gasteiger charge is 2.14. The third-order valence-corrected chi connectivity index (χ3v) is 2.60. The highest BCUT2D eigenvalue weighted by Crippen LogP contribution is 2.19. The van der Waals surface area contributed by atoms with E-state index in [0.29, 0.717) is 12.2 Å². The Kier molecular flexibility index (Phi) is 5.06. The Labute approximate surface area is 108 Å². The summed E-state index contributed by atoms with van der Waals surface area (Å²) in [4.78, 5) is 14.5. The third kappa shape index (κ3) is 3.80. The van der Waals surface area contributed by atoms with Gasteiger partial charge in [0.2, 0.25) is 0 Å². The minimum atomic E-state index is -0.169. The molecule has 1 N–H and O–H groups in total.